The second-order valence-corrected chi connectivity index (χ2v) is 9.28. The summed E-state index contributed by atoms with van der Waals surface area (Å²) in [4.78, 5) is 20.6. The number of H-pyrrole nitrogens is 1. The number of ether oxygens (including phenoxy) is 2. The smallest absolute Gasteiger partial charge is 0.257 e. The quantitative estimate of drug-likeness (QED) is 0.305. The molecule has 0 aliphatic carbocycles. The Hall–Kier alpha value is -3.57. The topological polar surface area (TPSA) is 122 Å². The maximum atomic E-state index is 12.4. The number of nitrogens with zero attached hydrogens (tertiary/aromatic N) is 3. The molecule has 3 N–H and O–H groups in total. The van der Waals surface area contributed by atoms with Crippen LogP contribution in [0.1, 0.15) is 45.9 Å². The number of benzene rings is 2. The molecule has 10 heteroatoms. The van der Waals surface area contributed by atoms with E-state index in [1.54, 1.807) is 30.1 Å². The predicted octanol–water partition coefficient (Wildman–Crippen LogP) is 4.28. The van der Waals surface area contributed by atoms with Crippen molar-refractivity contribution >= 4 is 23.4 Å². The van der Waals surface area contributed by atoms with Crippen LogP contribution >= 0.6 is 11.8 Å². The van der Waals surface area contributed by atoms with Crippen LogP contribution in [-0.4, -0.2) is 43.0 Å². The van der Waals surface area contributed by atoms with Crippen LogP contribution in [0.15, 0.2) is 84.5 Å². The van der Waals surface area contributed by atoms with Crippen LogP contribution < -0.4 is 5.32 Å². The zero-order valence-electron chi connectivity index (χ0n) is 19.3. The molecule has 1 aliphatic rings. The summed E-state index contributed by atoms with van der Waals surface area (Å²) < 4.78 is 12.7. The molecule has 0 radical (unpaired) electrons. The van der Waals surface area contributed by atoms with Crippen molar-refractivity contribution in [3.05, 3.63) is 102 Å². The molecule has 1 aliphatic heterocycles. The Labute approximate surface area is 212 Å². The number of aromatic amines is 1. The molecule has 0 bridgehead atoms. The maximum absolute atomic E-state index is 12.4. The van der Waals surface area contributed by atoms with Gasteiger partial charge < -0.3 is 19.9 Å². The summed E-state index contributed by atoms with van der Waals surface area (Å²) in [5.74, 6) is 0.455. The van der Waals surface area contributed by atoms with E-state index in [2.05, 4.69) is 25.5 Å². The number of carbonyl (C=O) groups is 1. The van der Waals surface area contributed by atoms with E-state index in [1.165, 1.54) is 12.5 Å². The molecule has 2 aromatic carbocycles. The summed E-state index contributed by atoms with van der Waals surface area (Å²) >= 11 is 1.55. The fourth-order valence-electron chi connectivity index (χ4n) is 3.88. The number of anilines is 1. The number of pyridine rings is 1. The minimum absolute atomic E-state index is 0.00232. The molecule has 1 saturated heterocycles. The summed E-state index contributed by atoms with van der Waals surface area (Å²) in [6, 6.07) is 18.6. The van der Waals surface area contributed by atoms with Gasteiger partial charge in [0.25, 0.3) is 5.91 Å². The zero-order valence-corrected chi connectivity index (χ0v) is 20.1. The van der Waals surface area contributed by atoms with Gasteiger partial charge in [-0.25, -0.2) is 4.98 Å². The number of aliphatic hydroxyl groups excluding tert-OH is 1. The molecule has 9 nitrogen and oxygen atoms in total. The van der Waals surface area contributed by atoms with Gasteiger partial charge in [-0.05, 0) is 35.4 Å². The van der Waals surface area contributed by atoms with E-state index in [0.717, 1.165) is 21.8 Å². The maximum Gasteiger partial charge on any atom is 0.257 e. The third-order valence-corrected chi connectivity index (χ3v) is 6.79. The molecule has 2 aromatic heterocycles. The van der Waals surface area contributed by atoms with Crippen molar-refractivity contribution in [2.45, 2.75) is 36.7 Å². The first-order chi connectivity index (χ1) is 17.7. The van der Waals surface area contributed by atoms with E-state index < -0.39 is 6.29 Å². The van der Waals surface area contributed by atoms with Crippen molar-refractivity contribution in [3.8, 4) is 0 Å². The first kappa shape index (κ1) is 24.1. The summed E-state index contributed by atoms with van der Waals surface area (Å²) in [6.07, 6.45) is 4.46. The average molecular weight is 504 g/mol. The average Bonchev–Trinajstić information content (AvgIpc) is 3.46. The summed E-state index contributed by atoms with van der Waals surface area (Å²) in [6.45, 7) is -0.00232. The lowest BCUT2D eigenvalue weighted by Gasteiger charge is -2.36. The first-order valence-corrected chi connectivity index (χ1v) is 12.5. The monoisotopic (exact) mass is 503 g/mol. The number of carbonyl (C=O) groups excluding carboxylic acids is 1. The number of rotatable bonds is 8. The van der Waals surface area contributed by atoms with Crippen molar-refractivity contribution in [2.24, 2.45) is 0 Å². The minimum Gasteiger partial charge on any atom is -0.392 e. The van der Waals surface area contributed by atoms with E-state index in [-0.39, 0.29) is 24.7 Å². The van der Waals surface area contributed by atoms with Crippen LogP contribution in [0.4, 0.5) is 5.69 Å². The van der Waals surface area contributed by atoms with Gasteiger partial charge in [-0.1, -0.05) is 48.2 Å². The van der Waals surface area contributed by atoms with E-state index in [0.29, 0.717) is 23.4 Å². The number of aliphatic hydroxyl groups is 1. The van der Waals surface area contributed by atoms with E-state index >= 15 is 0 Å². The van der Waals surface area contributed by atoms with Crippen molar-refractivity contribution in [2.75, 3.05) is 11.1 Å². The molecule has 0 spiro atoms. The Kier molecular flexibility index (Phi) is 7.67. The highest BCUT2D eigenvalue weighted by Crippen LogP contribution is 2.39. The number of amides is 1. The molecule has 3 heterocycles. The fourth-order valence-corrected chi connectivity index (χ4v) is 4.68. The van der Waals surface area contributed by atoms with Crippen LogP contribution in [0.2, 0.25) is 0 Å². The number of aromatic nitrogens is 4. The normalized spacial score (nSPS) is 19.6. The van der Waals surface area contributed by atoms with Gasteiger partial charge in [0.2, 0.25) is 0 Å². The van der Waals surface area contributed by atoms with Gasteiger partial charge in [-0.3, -0.25) is 14.9 Å². The molecule has 3 atom stereocenters. The highest BCUT2D eigenvalue weighted by Gasteiger charge is 2.32. The Balaban J connectivity index is 1.30. The van der Waals surface area contributed by atoms with E-state index in [4.69, 9.17) is 9.47 Å². The van der Waals surface area contributed by atoms with Gasteiger partial charge in [0.05, 0.1) is 24.4 Å². The van der Waals surface area contributed by atoms with Crippen LogP contribution in [0, 0.1) is 0 Å². The number of hydrogen-bond donors (Lipinski definition) is 3. The predicted molar refractivity (Wildman–Crippen MR) is 134 cm³/mol. The Bertz CT molecular complexity index is 1250. The lowest BCUT2D eigenvalue weighted by atomic mass is 10.0. The van der Waals surface area contributed by atoms with Gasteiger partial charge >= 0.3 is 0 Å². The lowest BCUT2D eigenvalue weighted by molar-refractivity contribution is -0.245. The summed E-state index contributed by atoms with van der Waals surface area (Å²) in [7, 11) is 0. The first-order valence-electron chi connectivity index (χ1n) is 11.5. The molecular weight excluding hydrogens is 478 g/mol. The van der Waals surface area contributed by atoms with Crippen LogP contribution in [0.5, 0.6) is 0 Å². The highest BCUT2D eigenvalue weighted by molar-refractivity contribution is 7.99. The number of hydrogen-bond acceptors (Lipinski definition) is 8. The summed E-state index contributed by atoms with van der Waals surface area (Å²) in [5.41, 5.74) is 3.87. The number of thioether (sulfide) groups is 1. The van der Waals surface area contributed by atoms with Gasteiger partial charge in [0, 0.05) is 35.8 Å². The molecule has 5 rings (SSSR count). The van der Waals surface area contributed by atoms with Gasteiger partial charge in [-0.15, -0.1) is 0 Å². The molecule has 184 valence electrons. The van der Waals surface area contributed by atoms with Crippen molar-refractivity contribution < 1.29 is 19.4 Å². The van der Waals surface area contributed by atoms with Crippen LogP contribution in [0.3, 0.4) is 0 Å². The summed E-state index contributed by atoms with van der Waals surface area (Å²) in [5, 5.41) is 19.8. The second kappa shape index (κ2) is 11.4. The molecule has 0 unspecified atom stereocenters. The third kappa shape index (κ3) is 5.97. The van der Waals surface area contributed by atoms with E-state index in [1.807, 2.05) is 48.5 Å². The Morgan fingerprint density at radius 3 is 2.58 bits per heavy atom. The van der Waals surface area contributed by atoms with Gasteiger partial charge in [0.1, 0.15) is 6.33 Å². The molecule has 4 aromatic rings. The fraction of sp³-hybridized carbons (Fsp3) is 0.231. The molecular formula is C26H25N5O4S. The highest BCUT2D eigenvalue weighted by atomic mass is 32.2. The largest absolute Gasteiger partial charge is 0.392 e. The SMILES string of the molecule is O=C(Nc1ccc([C@@H]2O[C@H](CSc3ncn[nH]3)C[C@H](c3ccc(CO)cc3)O2)cc1)c1cccnc1. The molecule has 0 saturated carbocycles. The number of nitrogens with one attached hydrogen (secondary N) is 2. The molecule has 36 heavy (non-hydrogen) atoms. The van der Waals surface area contributed by atoms with Gasteiger partial charge in [-0.2, -0.15) is 5.10 Å². The third-order valence-electron chi connectivity index (χ3n) is 5.78. The minimum atomic E-state index is -0.579. The second-order valence-electron chi connectivity index (χ2n) is 8.27. The molecule has 1 amide bonds. The Morgan fingerprint density at radius 2 is 1.89 bits per heavy atom. The Morgan fingerprint density at radius 1 is 1.08 bits per heavy atom. The zero-order chi connectivity index (χ0) is 24.7. The van der Waals surface area contributed by atoms with Crippen molar-refractivity contribution in [1.82, 2.24) is 20.2 Å². The molecule has 1 fully saturated rings. The van der Waals surface area contributed by atoms with Crippen LogP contribution in [0.25, 0.3) is 0 Å². The van der Waals surface area contributed by atoms with Crippen molar-refractivity contribution in [1.29, 1.82) is 0 Å². The van der Waals surface area contributed by atoms with Crippen LogP contribution in [-0.2, 0) is 16.1 Å². The van der Waals surface area contributed by atoms with Gasteiger partial charge in [0.15, 0.2) is 11.4 Å². The van der Waals surface area contributed by atoms with E-state index in [9.17, 15) is 9.90 Å². The van der Waals surface area contributed by atoms with Crippen molar-refractivity contribution in [3.63, 3.8) is 0 Å². The lowest BCUT2D eigenvalue weighted by Crippen LogP contribution is -2.31. The standard InChI is InChI=1S/C26H25N5O4S/c32-14-17-3-5-18(6-4-17)23-12-22(15-36-26-28-16-29-31-26)34-25(35-23)19-7-9-21(10-8-19)30-24(33)20-2-1-11-27-13-20/h1-11,13,16,22-23,25,32H,12,14-15H2,(H,30,33)(H,28,29,31)/t22-,23+,25+/m0/s1.